The Kier molecular flexibility index (Phi) is 4.07. The van der Waals surface area contributed by atoms with Gasteiger partial charge in [-0.15, -0.1) is 0 Å². The SMILES string of the molecule is O=C(Cl)c1ccc(CS(=O)O)cc1Cl. The highest BCUT2D eigenvalue weighted by atomic mass is 35.5. The molecule has 1 atom stereocenters. The van der Waals surface area contributed by atoms with Crippen LogP contribution in [0.5, 0.6) is 0 Å². The zero-order chi connectivity index (χ0) is 10.7. The van der Waals surface area contributed by atoms with E-state index in [1.165, 1.54) is 18.2 Å². The van der Waals surface area contributed by atoms with Crippen LogP contribution in [-0.2, 0) is 16.8 Å². The molecule has 0 bridgehead atoms. The maximum Gasteiger partial charge on any atom is 0.253 e. The van der Waals surface area contributed by atoms with Gasteiger partial charge in [-0.25, -0.2) is 4.21 Å². The monoisotopic (exact) mass is 252 g/mol. The molecule has 76 valence electrons. The van der Waals surface area contributed by atoms with Gasteiger partial charge in [-0.05, 0) is 29.3 Å². The molecule has 0 radical (unpaired) electrons. The van der Waals surface area contributed by atoms with Crippen LogP contribution in [0.25, 0.3) is 0 Å². The van der Waals surface area contributed by atoms with E-state index in [0.29, 0.717) is 5.56 Å². The first-order valence-corrected chi connectivity index (χ1v) is 5.59. The summed E-state index contributed by atoms with van der Waals surface area (Å²) in [4.78, 5) is 10.8. The highest BCUT2D eigenvalue weighted by Crippen LogP contribution is 2.20. The van der Waals surface area contributed by atoms with Crippen molar-refractivity contribution in [1.29, 1.82) is 0 Å². The Morgan fingerprint density at radius 1 is 1.50 bits per heavy atom. The van der Waals surface area contributed by atoms with Gasteiger partial charge in [0.15, 0.2) is 11.1 Å². The lowest BCUT2D eigenvalue weighted by Gasteiger charge is -2.01. The van der Waals surface area contributed by atoms with Crippen LogP contribution in [0, 0.1) is 0 Å². The molecule has 0 heterocycles. The Balaban J connectivity index is 3.00. The molecular formula is C8H6Cl2O3S. The van der Waals surface area contributed by atoms with Crippen molar-refractivity contribution < 1.29 is 13.6 Å². The number of carbonyl (C=O) groups excluding carboxylic acids is 1. The standard InChI is InChI=1S/C8H6Cl2O3S/c9-7-3-5(4-14(12)13)1-2-6(7)8(10)11/h1-3H,4H2,(H,12,13). The maximum absolute atomic E-state index is 10.8. The first-order valence-electron chi connectivity index (χ1n) is 3.56. The third-order valence-corrected chi connectivity index (χ3v) is 2.63. The molecule has 0 aliphatic heterocycles. The molecule has 3 nitrogen and oxygen atoms in total. The van der Waals surface area contributed by atoms with Crippen molar-refractivity contribution in [2.45, 2.75) is 5.75 Å². The van der Waals surface area contributed by atoms with Gasteiger partial charge < -0.3 is 4.55 Å². The molecule has 0 aliphatic carbocycles. The van der Waals surface area contributed by atoms with E-state index < -0.39 is 16.3 Å². The van der Waals surface area contributed by atoms with Crippen LogP contribution >= 0.6 is 23.2 Å². The maximum atomic E-state index is 10.8. The summed E-state index contributed by atoms with van der Waals surface area (Å²) in [6.07, 6.45) is 0. The topological polar surface area (TPSA) is 54.4 Å². The molecule has 14 heavy (non-hydrogen) atoms. The summed E-state index contributed by atoms with van der Waals surface area (Å²) in [6, 6.07) is 4.42. The van der Waals surface area contributed by atoms with Gasteiger partial charge in [-0.2, -0.15) is 0 Å². The Morgan fingerprint density at radius 3 is 2.57 bits per heavy atom. The van der Waals surface area contributed by atoms with E-state index in [2.05, 4.69) is 0 Å². The van der Waals surface area contributed by atoms with E-state index in [0.717, 1.165) is 0 Å². The predicted molar refractivity (Wildman–Crippen MR) is 56.1 cm³/mol. The minimum Gasteiger partial charge on any atom is -0.306 e. The summed E-state index contributed by atoms with van der Waals surface area (Å²) in [5.41, 5.74) is 0.776. The third kappa shape index (κ3) is 3.06. The molecule has 0 saturated carbocycles. The number of carbonyl (C=O) groups is 1. The fourth-order valence-electron chi connectivity index (χ4n) is 0.950. The molecule has 1 rings (SSSR count). The number of halogens is 2. The summed E-state index contributed by atoms with van der Waals surface area (Å²) in [5, 5.41) is -0.459. The highest BCUT2D eigenvalue weighted by molar-refractivity contribution is 7.78. The van der Waals surface area contributed by atoms with E-state index in [1.54, 1.807) is 0 Å². The second-order valence-electron chi connectivity index (χ2n) is 2.55. The fourth-order valence-corrected chi connectivity index (χ4v) is 1.92. The fraction of sp³-hybridized carbons (Fsp3) is 0.125. The molecule has 0 aliphatic rings. The van der Waals surface area contributed by atoms with E-state index in [4.69, 9.17) is 27.8 Å². The predicted octanol–water partition coefficient (Wildman–Crippen LogP) is 2.44. The van der Waals surface area contributed by atoms with Crippen LogP contribution in [0.4, 0.5) is 0 Å². The largest absolute Gasteiger partial charge is 0.306 e. The molecule has 0 saturated heterocycles. The van der Waals surface area contributed by atoms with Crippen LogP contribution in [0.3, 0.4) is 0 Å². The van der Waals surface area contributed by atoms with Crippen molar-refractivity contribution in [2.75, 3.05) is 0 Å². The minimum atomic E-state index is -1.92. The number of hydrogen-bond acceptors (Lipinski definition) is 2. The normalized spacial score (nSPS) is 12.5. The number of rotatable bonds is 3. The summed E-state index contributed by atoms with van der Waals surface area (Å²) in [7, 11) is 0. The van der Waals surface area contributed by atoms with Gasteiger partial charge in [0.25, 0.3) is 5.24 Å². The Bertz CT molecular complexity index is 392. The molecule has 1 aromatic carbocycles. The van der Waals surface area contributed by atoms with Crippen molar-refractivity contribution in [3.8, 4) is 0 Å². The molecule has 1 aromatic rings. The van der Waals surface area contributed by atoms with Crippen LogP contribution in [-0.4, -0.2) is 14.0 Å². The molecular weight excluding hydrogens is 247 g/mol. The lowest BCUT2D eigenvalue weighted by molar-refractivity contribution is 0.108. The second-order valence-corrected chi connectivity index (χ2v) is 4.24. The number of benzene rings is 1. The minimum absolute atomic E-state index is 0.0174. The first-order chi connectivity index (χ1) is 6.50. The third-order valence-electron chi connectivity index (χ3n) is 1.54. The summed E-state index contributed by atoms with van der Waals surface area (Å²) < 4.78 is 19.1. The molecule has 0 aromatic heterocycles. The highest BCUT2D eigenvalue weighted by Gasteiger charge is 2.08. The van der Waals surface area contributed by atoms with Gasteiger partial charge in [0.1, 0.15) is 0 Å². The molecule has 0 amide bonds. The second kappa shape index (κ2) is 4.89. The average Bonchev–Trinajstić information content (AvgIpc) is 2.01. The Morgan fingerprint density at radius 2 is 2.14 bits per heavy atom. The number of hydrogen-bond donors (Lipinski definition) is 1. The van der Waals surface area contributed by atoms with Crippen molar-refractivity contribution >= 4 is 39.5 Å². The molecule has 0 fully saturated rings. The van der Waals surface area contributed by atoms with Crippen LogP contribution in [0.2, 0.25) is 5.02 Å². The lowest BCUT2D eigenvalue weighted by Crippen LogP contribution is -1.96. The first kappa shape index (κ1) is 11.7. The smallest absolute Gasteiger partial charge is 0.253 e. The molecule has 1 unspecified atom stereocenters. The van der Waals surface area contributed by atoms with Crippen molar-refractivity contribution in [2.24, 2.45) is 0 Å². The van der Waals surface area contributed by atoms with E-state index in [-0.39, 0.29) is 16.3 Å². The van der Waals surface area contributed by atoms with Crippen LogP contribution in [0.15, 0.2) is 18.2 Å². The van der Waals surface area contributed by atoms with Crippen molar-refractivity contribution in [1.82, 2.24) is 0 Å². The van der Waals surface area contributed by atoms with E-state index in [1.807, 2.05) is 0 Å². The zero-order valence-corrected chi connectivity index (χ0v) is 9.20. The molecule has 6 heteroatoms. The van der Waals surface area contributed by atoms with Gasteiger partial charge in [-0.1, -0.05) is 17.7 Å². The van der Waals surface area contributed by atoms with Crippen molar-refractivity contribution in [3.63, 3.8) is 0 Å². The van der Waals surface area contributed by atoms with Gasteiger partial charge in [0.05, 0.1) is 16.3 Å². The Labute approximate surface area is 93.3 Å². The van der Waals surface area contributed by atoms with E-state index in [9.17, 15) is 9.00 Å². The molecule has 1 N–H and O–H groups in total. The van der Waals surface area contributed by atoms with Gasteiger partial charge in [-0.3, -0.25) is 4.79 Å². The lowest BCUT2D eigenvalue weighted by atomic mass is 10.2. The van der Waals surface area contributed by atoms with Crippen LogP contribution in [0.1, 0.15) is 15.9 Å². The summed E-state index contributed by atoms with van der Waals surface area (Å²) >= 11 is 9.04. The van der Waals surface area contributed by atoms with Gasteiger partial charge >= 0.3 is 0 Å². The molecule has 0 spiro atoms. The average molecular weight is 253 g/mol. The van der Waals surface area contributed by atoms with Gasteiger partial charge in [0, 0.05) is 0 Å². The van der Waals surface area contributed by atoms with Gasteiger partial charge in [0.2, 0.25) is 0 Å². The van der Waals surface area contributed by atoms with E-state index >= 15 is 0 Å². The van der Waals surface area contributed by atoms with Crippen LogP contribution < -0.4 is 0 Å². The Hall–Kier alpha value is -0.420. The quantitative estimate of drug-likeness (QED) is 0.664. The summed E-state index contributed by atoms with van der Waals surface area (Å²) in [6.45, 7) is 0. The summed E-state index contributed by atoms with van der Waals surface area (Å²) in [5.74, 6) is -0.0174. The zero-order valence-electron chi connectivity index (χ0n) is 6.87. The van der Waals surface area contributed by atoms with Crippen molar-refractivity contribution in [3.05, 3.63) is 34.3 Å².